The van der Waals surface area contributed by atoms with Crippen LogP contribution in [0.15, 0.2) is 0 Å². The summed E-state index contributed by atoms with van der Waals surface area (Å²) in [4.78, 5) is 26.2. The molecule has 20 heavy (non-hydrogen) atoms. The van der Waals surface area contributed by atoms with Crippen molar-refractivity contribution in [2.24, 2.45) is 5.41 Å². The van der Waals surface area contributed by atoms with E-state index in [-0.39, 0.29) is 17.2 Å². The van der Waals surface area contributed by atoms with E-state index in [1.807, 2.05) is 0 Å². The molecule has 2 aliphatic rings. The van der Waals surface area contributed by atoms with E-state index in [1.165, 1.54) is 11.3 Å². The molecule has 2 fully saturated rings. The van der Waals surface area contributed by atoms with E-state index >= 15 is 0 Å². The van der Waals surface area contributed by atoms with Crippen LogP contribution in [0.5, 0.6) is 0 Å². The quantitative estimate of drug-likeness (QED) is 0.824. The maximum Gasteiger partial charge on any atom is 0.230 e. The smallest absolute Gasteiger partial charge is 0.230 e. The van der Waals surface area contributed by atoms with Crippen LogP contribution in [-0.4, -0.2) is 37.3 Å². The highest BCUT2D eigenvalue weighted by Gasteiger charge is 2.46. The standard InChI is InChI=1S/C13H19N5O2/c1-9(12-14-16-17-15-12)18-10(19)7-13(8-11(18)20)5-3-2-4-6-13/h9H,2-8H2,1H3,(H,14,15,16,17). The average Bonchev–Trinajstić information content (AvgIpc) is 2.92. The monoisotopic (exact) mass is 277 g/mol. The number of likely N-dealkylation sites (tertiary alicyclic amines) is 1. The molecule has 1 aromatic rings. The summed E-state index contributed by atoms with van der Waals surface area (Å²) >= 11 is 0. The van der Waals surface area contributed by atoms with Gasteiger partial charge in [-0.2, -0.15) is 5.21 Å². The predicted molar refractivity (Wildman–Crippen MR) is 69.2 cm³/mol. The maximum atomic E-state index is 12.4. The van der Waals surface area contributed by atoms with Gasteiger partial charge in [0.25, 0.3) is 0 Å². The molecule has 3 rings (SSSR count). The van der Waals surface area contributed by atoms with Gasteiger partial charge in [0.15, 0.2) is 5.82 Å². The Labute approximate surface area is 117 Å². The third-order valence-electron chi connectivity index (χ3n) is 4.63. The number of nitrogens with one attached hydrogen (secondary N) is 1. The molecule has 1 atom stereocenters. The Morgan fingerprint density at radius 3 is 2.35 bits per heavy atom. The van der Waals surface area contributed by atoms with Gasteiger partial charge < -0.3 is 0 Å². The Bertz CT molecular complexity index is 487. The summed E-state index contributed by atoms with van der Waals surface area (Å²) in [5.41, 5.74) is -0.0834. The number of imide groups is 1. The third-order valence-corrected chi connectivity index (χ3v) is 4.63. The number of aromatic amines is 1. The topological polar surface area (TPSA) is 91.8 Å². The lowest BCUT2D eigenvalue weighted by Gasteiger charge is -2.43. The molecule has 1 saturated heterocycles. The van der Waals surface area contributed by atoms with Crippen LogP contribution in [0.25, 0.3) is 0 Å². The molecule has 0 bridgehead atoms. The van der Waals surface area contributed by atoms with Crippen LogP contribution in [0.2, 0.25) is 0 Å². The number of tetrazole rings is 1. The molecule has 1 saturated carbocycles. The van der Waals surface area contributed by atoms with E-state index in [4.69, 9.17) is 0 Å². The van der Waals surface area contributed by atoms with Crippen LogP contribution >= 0.6 is 0 Å². The molecule has 108 valence electrons. The van der Waals surface area contributed by atoms with Gasteiger partial charge in [-0.25, -0.2) is 0 Å². The van der Waals surface area contributed by atoms with Crippen molar-refractivity contribution in [1.29, 1.82) is 0 Å². The van der Waals surface area contributed by atoms with Crippen molar-refractivity contribution < 1.29 is 9.59 Å². The van der Waals surface area contributed by atoms with Crippen molar-refractivity contribution in [3.05, 3.63) is 5.82 Å². The minimum Gasteiger partial charge on any atom is -0.274 e. The van der Waals surface area contributed by atoms with Gasteiger partial charge in [0.05, 0.1) is 0 Å². The second-order valence-corrected chi connectivity index (χ2v) is 6.02. The summed E-state index contributed by atoms with van der Waals surface area (Å²) < 4.78 is 0. The van der Waals surface area contributed by atoms with E-state index in [2.05, 4.69) is 20.6 Å². The van der Waals surface area contributed by atoms with E-state index < -0.39 is 6.04 Å². The molecular weight excluding hydrogens is 258 g/mol. The SMILES string of the molecule is CC(c1nn[nH]n1)N1C(=O)CC2(CCCCC2)CC1=O. The minimum absolute atomic E-state index is 0.0834. The fourth-order valence-corrected chi connectivity index (χ4v) is 3.56. The van der Waals surface area contributed by atoms with E-state index in [0.717, 1.165) is 25.7 Å². The summed E-state index contributed by atoms with van der Waals surface area (Å²) in [6, 6.07) is -0.449. The zero-order chi connectivity index (χ0) is 14.2. The Morgan fingerprint density at radius 2 is 1.80 bits per heavy atom. The van der Waals surface area contributed by atoms with Crippen molar-refractivity contribution in [2.75, 3.05) is 0 Å². The number of carbonyl (C=O) groups is 2. The van der Waals surface area contributed by atoms with Crippen molar-refractivity contribution in [3.8, 4) is 0 Å². The summed E-state index contributed by atoms with van der Waals surface area (Å²) in [7, 11) is 0. The first-order chi connectivity index (χ1) is 9.61. The van der Waals surface area contributed by atoms with E-state index in [0.29, 0.717) is 18.7 Å². The molecule has 7 heteroatoms. The van der Waals surface area contributed by atoms with E-state index in [9.17, 15) is 9.59 Å². The molecule has 1 aliphatic carbocycles. The Morgan fingerprint density at radius 1 is 1.15 bits per heavy atom. The zero-order valence-corrected chi connectivity index (χ0v) is 11.6. The first-order valence-corrected chi connectivity index (χ1v) is 7.20. The first kappa shape index (κ1) is 13.2. The fraction of sp³-hybridized carbons (Fsp3) is 0.769. The molecule has 1 N–H and O–H groups in total. The minimum atomic E-state index is -0.449. The number of hydrogen-bond acceptors (Lipinski definition) is 5. The van der Waals surface area contributed by atoms with Gasteiger partial charge in [-0.3, -0.25) is 14.5 Å². The largest absolute Gasteiger partial charge is 0.274 e. The highest BCUT2D eigenvalue weighted by atomic mass is 16.2. The lowest BCUT2D eigenvalue weighted by molar-refractivity contribution is -0.157. The Hall–Kier alpha value is -1.79. The first-order valence-electron chi connectivity index (χ1n) is 7.20. The van der Waals surface area contributed by atoms with Gasteiger partial charge in [-0.05, 0) is 25.2 Å². The van der Waals surface area contributed by atoms with Gasteiger partial charge in [-0.15, -0.1) is 10.2 Å². The normalized spacial score (nSPS) is 24.1. The lowest BCUT2D eigenvalue weighted by atomic mass is 9.67. The molecule has 1 aromatic heterocycles. The van der Waals surface area contributed by atoms with Crippen LogP contribution in [0.3, 0.4) is 0 Å². The average molecular weight is 277 g/mol. The van der Waals surface area contributed by atoms with Gasteiger partial charge in [-0.1, -0.05) is 24.5 Å². The lowest BCUT2D eigenvalue weighted by Crippen LogP contribution is -2.49. The predicted octanol–water partition coefficient (Wildman–Crippen LogP) is 1.36. The molecule has 0 radical (unpaired) electrons. The van der Waals surface area contributed by atoms with Crippen molar-refractivity contribution in [3.63, 3.8) is 0 Å². The van der Waals surface area contributed by atoms with Crippen LogP contribution < -0.4 is 0 Å². The summed E-state index contributed by atoms with van der Waals surface area (Å²) in [6.07, 6.45) is 6.40. The van der Waals surface area contributed by atoms with Gasteiger partial charge in [0.2, 0.25) is 11.8 Å². The van der Waals surface area contributed by atoms with Crippen molar-refractivity contribution in [1.82, 2.24) is 25.5 Å². The van der Waals surface area contributed by atoms with Crippen molar-refractivity contribution in [2.45, 2.75) is 57.9 Å². The fourth-order valence-electron chi connectivity index (χ4n) is 3.56. The summed E-state index contributed by atoms with van der Waals surface area (Å²) in [5.74, 6) is 0.187. The second-order valence-electron chi connectivity index (χ2n) is 6.02. The molecule has 1 spiro atoms. The third kappa shape index (κ3) is 2.21. The Kier molecular flexibility index (Phi) is 3.27. The van der Waals surface area contributed by atoms with Crippen LogP contribution in [0.4, 0.5) is 0 Å². The molecule has 2 amide bonds. The van der Waals surface area contributed by atoms with Gasteiger partial charge >= 0.3 is 0 Å². The summed E-state index contributed by atoms with van der Waals surface area (Å²) in [6.45, 7) is 1.76. The molecule has 7 nitrogen and oxygen atoms in total. The summed E-state index contributed by atoms with van der Waals surface area (Å²) in [5, 5.41) is 13.6. The highest BCUT2D eigenvalue weighted by molar-refractivity contribution is 5.99. The van der Waals surface area contributed by atoms with Crippen LogP contribution in [-0.2, 0) is 9.59 Å². The molecule has 1 aliphatic heterocycles. The zero-order valence-electron chi connectivity index (χ0n) is 11.6. The number of piperidine rings is 1. The number of carbonyl (C=O) groups excluding carboxylic acids is 2. The number of nitrogens with zero attached hydrogens (tertiary/aromatic N) is 4. The maximum absolute atomic E-state index is 12.4. The number of H-pyrrole nitrogens is 1. The number of hydrogen-bond donors (Lipinski definition) is 1. The van der Waals surface area contributed by atoms with Gasteiger partial charge in [0.1, 0.15) is 6.04 Å². The number of aromatic nitrogens is 4. The second kappa shape index (κ2) is 4.96. The number of rotatable bonds is 2. The van der Waals surface area contributed by atoms with Crippen LogP contribution in [0.1, 0.15) is 63.7 Å². The molecule has 0 aromatic carbocycles. The highest BCUT2D eigenvalue weighted by Crippen LogP contribution is 2.46. The molecular formula is C13H19N5O2. The van der Waals surface area contributed by atoms with Crippen molar-refractivity contribution >= 4 is 11.8 Å². The van der Waals surface area contributed by atoms with E-state index in [1.54, 1.807) is 6.92 Å². The van der Waals surface area contributed by atoms with Gasteiger partial charge in [0, 0.05) is 12.8 Å². The molecule has 1 unspecified atom stereocenters. The molecule has 2 heterocycles. The number of amides is 2. The van der Waals surface area contributed by atoms with Crippen LogP contribution in [0, 0.1) is 5.41 Å². The Balaban J connectivity index is 1.79.